The number of halogens is 2. The number of hydrogen-bond acceptors (Lipinski definition) is 2. The van der Waals surface area contributed by atoms with Gasteiger partial charge < -0.3 is 10.2 Å². The zero-order valence-electron chi connectivity index (χ0n) is 14.2. The van der Waals surface area contributed by atoms with Gasteiger partial charge in [-0.2, -0.15) is 0 Å². The van der Waals surface area contributed by atoms with Gasteiger partial charge in [-0.15, -0.1) is 0 Å². The van der Waals surface area contributed by atoms with Crippen LogP contribution >= 0.6 is 0 Å². The van der Waals surface area contributed by atoms with E-state index in [2.05, 4.69) is 5.32 Å². The predicted octanol–water partition coefficient (Wildman–Crippen LogP) is 3.40. The fourth-order valence-corrected chi connectivity index (χ4v) is 3.12. The summed E-state index contributed by atoms with van der Waals surface area (Å²) in [4.78, 5) is 26.0. The molecule has 25 heavy (non-hydrogen) atoms. The molecular weight excluding hydrogens is 326 g/mol. The third kappa shape index (κ3) is 2.88. The van der Waals surface area contributed by atoms with Crippen LogP contribution in [0.15, 0.2) is 36.4 Å². The van der Waals surface area contributed by atoms with Crippen LogP contribution in [0.4, 0.5) is 20.2 Å². The van der Waals surface area contributed by atoms with Crippen LogP contribution in [-0.2, 0) is 21.4 Å². The second kappa shape index (κ2) is 5.95. The van der Waals surface area contributed by atoms with Crippen molar-refractivity contribution in [3.63, 3.8) is 0 Å². The average Bonchev–Trinajstić information content (AvgIpc) is 2.72. The van der Waals surface area contributed by atoms with Crippen molar-refractivity contribution < 1.29 is 18.4 Å². The number of rotatable bonds is 3. The zero-order valence-corrected chi connectivity index (χ0v) is 14.2. The summed E-state index contributed by atoms with van der Waals surface area (Å²) >= 11 is 0. The number of fused-ring (bicyclic) bond motifs is 1. The minimum atomic E-state index is -0.823. The molecule has 0 unspecified atom stereocenters. The lowest BCUT2D eigenvalue weighted by atomic mass is 9.85. The molecule has 130 valence electrons. The van der Waals surface area contributed by atoms with Gasteiger partial charge in [-0.3, -0.25) is 9.59 Å². The summed E-state index contributed by atoms with van der Waals surface area (Å²) in [6.45, 7) is 3.66. The zero-order chi connectivity index (χ0) is 18.4. The average molecular weight is 344 g/mol. The number of amides is 2. The molecule has 3 rings (SSSR count). The lowest BCUT2D eigenvalue weighted by Gasteiger charge is -2.16. The van der Waals surface area contributed by atoms with Gasteiger partial charge in [-0.25, -0.2) is 8.78 Å². The van der Waals surface area contributed by atoms with Crippen molar-refractivity contribution in [1.29, 1.82) is 0 Å². The molecule has 0 saturated carbocycles. The van der Waals surface area contributed by atoms with E-state index in [9.17, 15) is 18.4 Å². The fourth-order valence-electron chi connectivity index (χ4n) is 3.12. The van der Waals surface area contributed by atoms with Gasteiger partial charge in [0.25, 0.3) is 0 Å². The van der Waals surface area contributed by atoms with Crippen LogP contribution in [0.2, 0.25) is 0 Å². The van der Waals surface area contributed by atoms with Crippen LogP contribution in [0.3, 0.4) is 0 Å². The minimum absolute atomic E-state index is 0.0162. The molecule has 1 heterocycles. The number of carbonyl (C=O) groups is 2. The van der Waals surface area contributed by atoms with Gasteiger partial charge in [0.15, 0.2) is 0 Å². The summed E-state index contributed by atoms with van der Waals surface area (Å²) in [5.74, 6) is -2.19. The smallest absolute Gasteiger partial charge is 0.236 e. The molecule has 0 bridgehead atoms. The monoisotopic (exact) mass is 344 g/mol. The highest BCUT2D eigenvalue weighted by Gasteiger charge is 2.42. The summed E-state index contributed by atoms with van der Waals surface area (Å²) in [5.41, 5.74) is 1.18. The SMILES string of the molecule is CN1C(=O)C(C)(C)c2cc(CC(=O)Nc3c(F)cccc3F)ccc21. The molecule has 0 atom stereocenters. The first kappa shape index (κ1) is 17.1. The Kier molecular flexibility index (Phi) is 4.06. The Balaban J connectivity index is 1.82. The lowest BCUT2D eigenvalue weighted by Crippen LogP contribution is -2.33. The lowest BCUT2D eigenvalue weighted by molar-refractivity contribution is -0.121. The highest BCUT2D eigenvalue weighted by Crippen LogP contribution is 2.41. The van der Waals surface area contributed by atoms with Gasteiger partial charge in [-0.05, 0) is 43.2 Å². The number of carbonyl (C=O) groups excluding carboxylic acids is 2. The molecule has 2 aromatic carbocycles. The Hall–Kier alpha value is -2.76. The quantitative estimate of drug-likeness (QED) is 0.928. The number of nitrogens with one attached hydrogen (secondary N) is 1. The summed E-state index contributed by atoms with van der Waals surface area (Å²) in [6, 6.07) is 8.72. The summed E-state index contributed by atoms with van der Waals surface area (Å²) in [7, 11) is 1.71. The minimum Gasteiger partial charge on any atom is -0.321 e. The summed E-state index contributed by atoms with van der Waals surface area (Å²) < 4.78 is 27.2. The third-order valence-corrected chi connectivity index (χ3v) is 4.53. The molecule has 6 heteroatoms. The van der Waals surface area contributed by atoms with E-state index >= 15 is 0 Å². The van der Waals surface area contributed by atoms with Crippen LogP contribution in [-0.4, -0.2) is 18.9 Å². The molecule has 0 spiro atoms. The van der Waals surface area contributed by atoms with Crippen LogP contribution < -0.4 is 10.2 Å². The maximum Gasteiger partial charge on any atom is 0.236 e. The van der Waals surface area contributed by atoms with E-state index in [1.165, 1.54) is 6.07 Å². The molecule has 1 aliphatic heterocycles. The fraction of sp³-hybridized carbons (Fsp3) is 0.263. The summed E-state index contributed by atoms with van der Waals surface area (Å²) in [5, 5.41) is 2.27. The third-order valence-electron chi connectivity index (χ3n) is 4.53. The van der Waals surface area contributed by atoms with Gasteiger partial charge >= 0.3 is 0 Å². The first-order valence-electron chi connectivity index (χ1n) is 7.87. The van der Waals surface area contributed by atoms with Crippen molar-refractivity contribution in [3.8, 4) is 0 Å². The second-order valence-corrected chi connectivity index (χ2v) is 6.66. The van der Waals surface area contributed by atoms with Crippen LogP contribution in [0, 0.1) is 11.6 Å². The van der Waals surface area contributed by atoms with Crippen molar-refractivity contribution in [1.82, 2.24) is 0 Å². The Bertz CT molecular complexity index is 857. The van der Waals surface area contributed by atoms with E-state index in [4.69, 9.17) is 0 Å². The van der Waals surface area contributed by atoms with Gasteiger partial charge in [0.05, 0.1) is 11.8 Å². The van der Waals surface area contributed by atoms with E-state index in [0.717, 1.165) is 23.4 Å². The van der Waals surface area contributed by atoms with Crippen molar-refractivity contribution in [2.45, 2.75) is 25.7 Å². The molecule has 0 aromatic heterocycles. The maximum atomic E-state index is 13.6. The van der Waals surface area contributed by atoms with Gasteiger partial charge in [0.1, 0.15) is 17.3 Å². The Morgan fingerprint density at radius 1 is 1.16 bits per heavy atom. The molecule has 2 aromatic rings. The van der Waals surface area contributed by atoms with Crippen molar-refractivity contribution in [2.24, 2.45) is 0 Å². The van der Waals surface area contributed by atoms with Gasteiger partial charge in [-0.1, -0.05) is 18.2 Å². The number of likely N-dealkylation sites (N-methyl/N-ethyl adjacent to an activating group) is 1. The molecular formula is C19H18F2N2O2. The molecule has 1 aliphatic rings. The Morgan fingerprint density at radius 2 is 1.80 bits per heavy atom. The highest BCUT2D eigenvalue weighted by molar-refractivity contribution is 6.07. The Morgan fingerprint density at radius 3 is 2.44 bits per heavy atom. The van der Waals surface area contributed by atoms with E-state index in [-0.39, 0.29) is 12.3 Å². The van der Waals surface area contributed by atoms with Crippen molar-refractivity contribution >= 4 is 23.2 Å². The van der Waals surface area contributed by atoms with E-state index in [0.29, 0.717) is 5.56 Å². The number of hydrogen-bond donors (Lipinski definition) is 1. The van der Waals surface area contributed by atoms with Crippen LogP contribution in [0.5, 0.6) is 0 Å². The van der Waals surface area contributed by atoms with E-state index < -0.39 is 28.6 Å². The number of benzene rings is 2. The molecule has 0 aliphatic carbocycles. The maximum absolute atomic E-state index is 13.6. The molecule has 0 saturated heterocycles. The molecule has 1 N–H and O–H groups in total. The van der Waals surface area contributed by atoms with E-state index in [1.807, 2.05) is 13.8 Å². The number of para-hydroxylation sites is 1. The van der Waals surface area contributed by atoms with Crippen molar-refractivity contribution in [3.05, 3.63) is 59.2 Å². The number of anilines is 2. The van der Waals surface area contributed by atoms with Crippen LogP contribution in [0.25, 0.3) is 0 Å². The normalized spacial score (nSPS) is 15.2. The van der Waals surface area contributed by atoms with Crippen LogP contribution in [0.1, 0.15) is 25.0 Å². The molecule has 2 amide bonds. The van der Waals surface area contributed by atoms with Gasteiger partial charge in [0, 0.05) is 12.7 Å². The largest absolute Gasteiger partial charge is 0.321 e. The predicted molar refractivity (Wildman–Crippen MR) is 91.6 cm³/mol. The second-order valence-electron chi connectivity index (χ2n) is 6.66. The standard InChI is InChI=1S/C19H18F2N2O2/c1-19(2)12-9-11(7-8-15(12)23(3)18(19)25)10-16(24)22-17-13(20)5-4-6-14(17)21/h4-9H,10H2,1-3H3,(H,22,24). The summed E-state index contributed by atoms with van der Waals surface area (Å²) in [6.07, 6.45) is -0.0466. The first-order chi connectivity index (χ1) is 11.7. The number of nitrogens with zero attached hydrogens (tertiary/aromatic N) is 1. The molecule has 0 fully saturated rings. The van der Waals surface area contributed by atoms with Gasteiger partial charge in [0.2, 0.25) is 11.8 Å². The highest BCUT2D eigenvalue weighted by atomic mass is 19.1. The molecule has 0 radical (unpaired) electrons. The topological polar surface area (TPSA) is 49.4 Å². The van der Waals surface area contributed by atoms with E-state index in [1.54, 1.807) is 30.1 Å². The molecule has 4 nitrogen and oxygen atoms in total. The Labute approximate surface area is 144 Å². The van der Waals surface area contributed by atoms with Crippen molar-refractivity contribution in [2.75, 3.05) is 17.3 Å². The first-order valence-corrected chi connectivity index (χ1v) is 7.87.